The van der Waals surface area contributed by atoms with Gasteiger partial charge in [0.2, 0.25) is 0 Å². The normalized spacial score (nSPS) is 16.1. The first-order chi connectivity index (χ1) is 12.1. The molecule has 0 saturated heterocycles. The molecule has 0 spiro atoms. The van der Waals surface area contributed by atoms with Crippen molar-refractivity contribution in [2.45, 2.75) is 32.4 Å². The Kier molecular flexibility index (Phi) is 5.56. The van der Waals surface area contributed by atoms with Crippen molar-refractivity contribution in [1.29, 1.82) is 0 Å². The number of furan rings is 1. The fourth-order valence-electron chi connectivity index (χ4n) is 3.12. The van der Waals surface area contributed by atoms with Crippen LogP contribution < -0.4 is 0 Å². The first kappa shape index (κ1) is 17.7. The van der Waals surface area contributed by atoms with Crippen LogP contribution in [0.5, 0.6) is 0 Å². The van der Waals surface area contributed by atoms with E-state index in [4.69, 9.17) is 13.9 Å². The summed E-state index contributed by atoms with van der Waals surface area (Å²) in [5.74, 6) is 0.797. The highest BCUT2D eigenvalue weighted by molar-refractivity contribution is 5.96. The number of nitrogens with zero attached hydrogens (tertiary/aromatic N) is 1. The van der Waals surface area contributed by atoms with Crippen LogP contribution in [0.4, 0.5) is 0 Å². The fourth-order valence-corrected chi connectivity index (χ4v) is 3.12. The highest BCUT2D eigenvalue weighted by Crippen LogP contribution is 2.30. The Labute approximate surface area is 148 Å². The zero-order valence-electron chi connectivity index (χ0n) is 14.9. The average Bonchev–Trinajstić information content (AvgIpc) is 3.05. The number of carbonyl (C=O) groups excluding carboxylic acids is 1. The van der Waals surface area contributed by atoms with Crippen LogP contribution in [-0.4, -0.2) is 42.7 Å². The maximum atomic E-state index is 12.6. The van der Waals surface area contributed by atoms with Gasteiger partial charge in [-0.05, 0) is 25.5 Å². The first-order valence-corrected chi connectivity index (χ1v) is 8.66. The minimum absolute atomic E-state index is 0.0175. The smallest absolute Gasteiger partial charge is 0.257 e. The van der Waals surface area contributed by atoms with Crippen LogP contribution in [0.25, 0.3) is 0 Å². The van der Waals surface area contributed by atoms with Gasteiger partial charge in [-0.2, -0.15) is 0 Å². The first-order valence-electron chi connectivity index (χ1n) is 8.66. The van der Waals surface area contributed by atoms with Gasteiger partial charge in [0, 0.05) is 18.5 Å². The third-order valence-electron chi connectivity index (χ3n) is 4.49. The molecule has 25 heavy (non-hydrogen) atoms. The molecule has 5 nitrogen and oxygen atoms in total. The van der Waals surface area contributed by atoms with Crippen LogP contribution in [0, 0.1) is 0 Å². The van der Waals surface area contributed by atoms with Gasteiger partial charge in [0.05, 0.1) is 38.3 Å². The van der Waals surface area contributed by atoms with Crippen LogP contribution in [0.2, 0.25) is 0 Å². The molecule has 1 aromatic carbocycles. The van der Waals surface area contributed by atoms with Crippen LogP contribution in [0.15, 0.2) is 47.1 Å². The maximum Gasteiger partial charge on any atom is 0.257 e. The summed E-state index contributed by atoms with van der Waals surface area (Å²) in [6, 6.07) is 11.8. The van der Waals surface area contributed by atoms with Gasteiger partial charge in [0.15, 0.2) is 0 Å². The van der Waals surface area contributed by atoms with Gasteiger partial charge < -0.3 is 18.8 Å². The molecule has 134 valence electrons. The van der Waals surface area contributed by atoms with E-state index >= 15 is 0 Å². The molecule has 1 aromatic heterocycles. The second kappa shape index (κ2) is 7.85. The number of amides is 1. The van der Waals surface area contributed by atoms with Crippen molar-refractivity contribution in [3.8, 4) is 0 Å². The number of hydrogen-bond acceptors (Lipinski definition) is 4. The Balaban J connectivity index is 1.38. The predicted octanol–water partition coefficient (Wildman–Crippen LogP) is 3.29. The fraction of sp³-hybridized carbons (Fsp3) is 0.450. The van der Waals surface area contributed by atoms with E-state index in [0.717, 1.165) is 17.7 Å². The third kappa shape index (κ3) is 4.30. The SMILES string of the molecule is CC1(C)Cc2occc2C(=O)N1CCOCCOCc1ccccc1. The monoisotopic (exact) mass is 343 g/mol. The molecule has 1 aliphatic heterocycles. The number of hydrogen-bond donors (Lipinski definition) is 0. The summed E-state index contributed by atoms with van der Waals surface area (Å²) in [7, 11) is 0. The molecule has 0 bridgehead atoms. The molecule has 0 fully saturated rings. The van der Waals surface area contributed by atoms with Gasteiger partial charge in [0.25, 0.3) is 5.91 Å². The summed E-state index contributed by atoms with van der Waals surface area (Å²) >= 11 is 0. The van der Waals surface area contributed by atoms with Crippen molar-refractivity contribution in [2.24, 2.45) is 0 Å². The van der Waals surface area contributed by atoms with Crippen molar-refractivity contribution >= 4 is 5.91 Å². The van der Waals surface area contributed by atoms with E-state index in [1.807, 2.05) is 35.2 Å². The summed E-state index contributed by atoms with van der Waals surface area (Å²) in [4.78, 5) is 14.5. The minimum Gasteiger partial charge on any atom is -0.468 e. The van der Waals surface area contributed by atoms with Gasteiger partial charge in [-0.15, -0.1) is 0 Å². The molecule has 0 atom stereocenters. The molecule has 0 radical (unpaired) electrons. The number of carbonyl (C=O) groups is 1. The molecule has 5 heteroatoms. The van der Waals surface area contributed by atoms with Crippen LogP contribution in [-0.2, 0) is 22.5 Å². The van der Waals surface area contributed by atoms with E-state index in [0.29, 0.717) is 38.5 Å². The Morgan fingerprint density at radius 2 is 1.84 bits per heavy atom. The largest absolute Gasteiger partial charge is 0.468 e. The molecule has 3 rings (SSSR count). The molecular formula is C20H25NO4. The molecule has 0 saturated carbocycles. The lowest BCUT2D eigenvalue weighted by Gasteiger charge is -2.41. The minimum atomic E-state index is -0.269. The van der Waals surface area contributed by atoms with E-state index in [1.165, 1.54) is 0 Å². The molecule has 2 aromatic rings. The topological polar surface area (TPSA) is 51.9 Å². The zero-order chi connectivity index (χ0) is 17.7. The van der Waals surface area contributed by atoms with Crippen molar-refractivity contribution in [1.82, 2.24) is 4.90 Å². The third-order valence-corrected chi connectivity index (χ3v) is 4.49. The summed E-state index contributed by atoms with van der Waals surface area (Å²) < 4.78 is 16.7. The maximum absolute atomic E-state index is 12.6. The lowest BCUT2D eigenvalue weighted by molar-refractivity contribution is 0.0147. The second-order valence-corrected chi connectivity index (χ2v) is 6.85. The van der Waals surface area contributed by atoms with Gasteiger partial charge in [-0.1, -0.05) is 30.3 Å². The highest BCUT2D eigenvalue weighted by atomic mass is 16.5. The number of fused-ring (bicyclic) bond motifs is 1. The number of benzene rings is 1. The summed E-state index contributed by atoms with van der Waals surface area (Å²) in [6.45, 7) is 6.82. The van der Waals surface area contributed by atoms with Gasteiger partial charge in [-0.3, -0.25) is 4.79 Å². The van der Waals surface area contributed by atoms with E-state index in [1.54, 1.807) is 12.3 Å². The Morgan fingerprint density at radius 1 is 1.08 bits per heavy atom. The van der Waals surface area contributed by atoms with E-state index in [-0.39, 0.29) is 11.4 Å². The second-order valence-electron chi connectivity index (χ2n) is 6.85. The Bertz CT molecular complexity index is 693. The zero-order valence-corrected chi connectivity index (χ0v) is 14.9. The lowest BCUT2D eigenvalue weighted by atomic mass is 9.89. The Morgan fingerprint density at radius 3 is 2.64 bits per heavy atom. The molecule has 0 N–H and O–H groups in total. The molecule has 1 amide bonds. The molecule has 0 aliphatic carbocycles. The summed E-state index contributed by atoms with van der Waals surface area (Å²) in [6.07, 6.45) is 2.31. The highest BCUT2D eigenvalue weighted by Gasteiger charge is 2.39. The Hall–Kier alpha value is -2.11. The predicted molar refractivity (Wildman–Crippen MR) is 94.4 cm³/mol. The van der Waals surface area contributed by atoms with Gasteiger partial charge in [-0.25, -0.2) is 0 Å². The number of rotatable bonds is 8. The molecular weight excluding hydrogens is 318 g/mol. The standard InChI is InChI=1S/C20H25NO4/c1-20(2)14-18-17(8-10-25-18)19(22)21(20)9-11-23-12-13-24-15-16-6-4-3-5-7-16/h3-8,10H,9,11-15H2,1-2H3. The van der Waals surface area contributed by atoms with E-state index < -0.39 is 0 Å². The van der Waals surface area contributed by atoms with Gasteiger partial charge in [0.1, 0.15) is 5.76 Å². The van der Waals surface area contributed by atoms with Crippen LogP contribution in [0.3, 0.4) is 0 Å². The van der Waals surface area contributed by atoms with Crippen LogP contribution in [0.1, 0.15) is 35.5 Å². The summed E-state index contributed by atoms with van der Waals surface area (Å²) in [5, 5.41) is 0. The lowest BCUT2D eigenvalue weighted by Crippen LogP contribution is -2.53. The summed E-state index contributed by atoms with van der Waals surface area (Å²) in [5.41, 5.74) is 1.55. The van der Waals surface area contributed by atoms with E-state index in [9.17, 15) is 4.79 Å². The molecule has 0 unspecified atom stereocenters. The molecule has 2 heterocycles. The quantitative estimate of drug-likeness (QED) is 0.690. The average molecular weight is 343 g/mol. The molecule has 1 aliphatic rings. The van der Waals surface area contributed by atoms with Crippen molar-refractivity contribution in [3.63, 3.8) is 0 Å². The van der Waals surface area contributed by atoms with Crippen molar-refractivity contribution in [2.75, 3.05) is 26.4 Å². The van der Waals surface area contributed by atoms with Crippen LogP contribution >= 0.6 is 0 Å². The van der Waals surface area contributed by atoms with Crippen molar-refractivity contribution < 1.29 is 18.7 Å². The van der Waals surface area contributed by atoms with Crippen molar-refractivity contribution in [3.05, 3.63) is 59.5 Å². The number of ether oxygens (including phenoxy) is 2. The van der Waals surface area contributed by atoms with E-state index in [2.05, 4.69) is 13.8 Å². The van der Waals surface area contributed by atoms with Gasteiger partial charge >= 0.3 is 0 Å².